The molecule has 0 saturated carbocycles. The Hall–Kier alpha value is -1.40. The Kier molecular flexibility index (Phi) is 5.25. The number of hydrogen-bond donors (Lipinski definition) is 2. The van der Waals surface area contributed by atoms with Gasteiger partial charge in [-0.05, 0) is 47.7 Å². The molecule has 3 nitrogen and oxygen atoms in total. The number of hydrazine groups is 1. The van der Waals surface area contributed by atoms with E-state index in [0.29, 0.717) is 35.1 Å². The van der Waals surface area contributed by atoms with E-state index in [-0.39, 0.29) is 0 Å². The highest BCUT2D eigenvalue weighted by atomic mass is 35.5. The third kappa shape index (κ3) is 3.64. The van der Waals surface area contributed by atoms with Gasteiger partial charge in [-0.1, -0.05) is 29.3 Å². The van der Waals surface area contributed by atoms with Gasteiger partial charge in [0.05, 0.1) is 10.7 Å². The van der Waals surface area contributed by atoms with E-state index in [1.165, 1.54) is 12.1 Å². The number of fused-ring (bicyclic) bond motifs is 1. The van der Waals surface area contributed by atoms with E-state index in [1.807, 2.05) is 0 Å². The molecule has 0 bridgehead atoms. The van der Waals surface area contributed by atoms with Crippen LogP contribution in [0.4, 0.5) is 14.5 Å². The van der Waals surface area contributed by atoms with Gasteiger partial charge in [-0.3, -0.25) is 5.84 Å². The van der Waals surface area contributed by atoms with Crippen molar-refractivity contribution in [2.24, 2.45) is 5.84 Å². The number of nitrogens with one attached hydrogen (secondary N) is 1. The SMILES string of the molecule is NN1CCc2c(Cl)cc(Cl)c(NCc3ccc(F)c(F)c3)c2CC1. The van der Waals surface area contributed by atoms with Gasteiger partial charge in [-0.2, -0.15) is 0 Å². The summed E-state index contributed by atoms with van der Waals surface area (Å²) >= 11 is 12.7. The van der Waals surface area contributed by atoms with Gasteiger partial charge in [-0.15, -0.1) is 0 Å². The molecule has 1 aliphatic heterocycles. The molecule has 0 fully saturated rings. The van der Waals surface area contributed by atoms with Crippen molar-refractivity contribution in [2.45, 2.75) is 19.4 Å². The summed E-state index contributed by atoms with van der Waals surface area (Å²) in [6.45, 7) is 1.75. The summed E-state index contributed by atoms with van der Waals surface area (Å²) in [5, 5.41) is 6.12. The number of nitrogens with zero attached hydrogens (tertiary/aromatic N) is 1. The Bertz CT molecular complexity index is 768. The van der Waals surface area contributed by atoms with E-state index in [4.69, 9.17) is 29.0 Å². The van der Waals surface area contributed by atoms with Crippen molar-refractivity contribution in [1.29, 1.82) is 0 Å². The lowest BCUT2D eigenvalue weighted by Gasteiger charge is -2.17. The first-order chi connectivity index (χ1) is 11.5. The van der Waals surface area contributed by atoms with Crippen LogP contribution in [0, 0.1) is 11.6 Å². The molecule has 0 saturated heterocycles. The Labute approximate surface area is 149 Å². The summed E-state index contributed by atoms with van der Waals surface area (Å²) in [4.78, 5) is 0. The molecule has 0 spiro atoms. The van der Waals surface area contributed by atoms with Crippen LogP contribution in [0.2, 0.25) is 10.0 Å². The standard InChI is InChI=1S/C17H17Cl2F2N3/c18-13-8-14(19)17(12-4-6-24(22)5-3-11(12)13)23-9-10-1-2-15(20)16(21)7-10/h1-2,7-8,23H,3-6,9,22H2. The quantitative estimate of drug-likeness (QED) is 0.796. The first-order valence-electron chi connectivity index (χ1n) is 7.63. The van der Waals surface area contributed by atoms with Gasteiger partial charge in [0.1, 0.15) is 0 Å². The number of rotatable bonds is 3. The fourth-order valence-corrected chi connectivity index (χ4v) is 3.57. The molecule has 0 aromatic heterocycles. The summed E-state index contributed by atoms with van der Waals surface area (Å²) in [6, 6.07) is 5.53. The van der Waals surface area contributed by atoms with Crippen LogP contribution >= 0.6 is 23.2 Å². The number of anilines is 1. The fraction of sp³-hybridized carbons (Fsp3) is 0.294. The molecule has 2 aromatic rings. The second-order valence-corrected chi connectivity index (χ2v) is 6.62. The molecule has 1 aliphatic rings. The maximum absolute atomic E-state index is 13.3. The monoisotopic (exact) mass is 371 g/mol. The Morgan fingerprint density at radius 1 is 1.00 bits per heavy atom. The molecule has 0 aliphatic carbocycles. The van der Waals surface area contributed by atoms with Gasteiger partial charge in [0.25, 0.3) is 0 Å². The molecule has 3 N–H and O–H groups in total. The van der Waals surface area contributed by atoms with E-state index in [0.717, 1.165) is 35.8 Å². The summed E-state index contributed by atoms with van der Waals surface area (Å²) in [6.07, 6.45) is 1.45. The molecule has 1 heterocycles. The number of hydrogen-bond acceptors (Lipinski definition) is 3. The van der Waals surface area contributed by atoms with E-state index >= 15 is 0 Å². The maximum Gasteiger partial charge on any atom is 0.159 e. The van der Waals surface area contributed by atoms with Crippen molar-refractivity contribution in [1.82, 2.24) is 5.01 Å². The molecule has 0 radical (unpaired) electrons. The smallest absolute Gasteiger partial charge is 0.159 e. The third-order valence-electron chi connectivity index (χ3n) is 4.20. The minimum atomic E-state index is -0.867. The van der Waals surface area contributed by atoms with E-state index < -0.39 is 11.6 Å². The van der Waals surface area contributed by atoms with E-state index in [1.54, 1.807) is 11.1 Å². The molecule has 24 heavy (non-hydrogen) atoms. The fourth-order valence-electron chi connectivity index (χ4n) is 2.91. The number of benzene rings is 2. The molecule has 0 amide bonds. The Morgan fingerprint density at radius 2 is 1.71 bits per heavy atom. The maximum atomic E-state index is 13.3. The van der Waals surface area contributed by atoms with Crippen molar-refractivity contribution in [3.05, 3.63) is 62.6 Å². The Morgan fingerprint density at radius 3 is 2.42 bits per heavy atom. The zero-order chi connectivity index (χ0) is 17.3. The number of halogens is 4. The average molecular weight is 372 g/mol. The lowest BCUT2D eigenvalue weighted by Crippen LogP contribution is -2.33. The second kappa shape index (κ2) is 7.23. The van der Waals surface area contributed by atoms with Crippen LogP contribution in [0.1, 0.15) is 16.7 Å². The lowest BCUT2D eigenvalue weighted by atomic mass is 10.0. The summed E-state index contributed by atoms with van der Waals surface area (Å²) in [5.74, 6) is 4.18. The summed E-state index contributed by atoms with van der Waals surface area (Å²) < 4.78 is 26.4. The van der Waals surface area contributed by atoms with Crippen LogP contribution in [0.3, 0.4) is 0 Å². The van der Waals surface area contributed by atoms with Crippen molar-refractivity contribution >= 4 is 28.9 Å². The topological polar surface area (TPSA) is 41.3 Å². The highest BCUT2D eigenvalue weighted by molar-refractivity contribution is 6.37. The highest BCUT2D eigenvalue weighted by Gasteiger charge is 2.20. The van der Waals surface area contributed by atoms with Crippen molar-refractivity contribution in [2.75, 3.05) is 18.4 Å². The van der Waals surface area contributed by atoms with E-state index in [2.05, 4.69) is 5.32 Å². The van der Waals surface area contributed by atoms with Gasteiger partial charge < -0.3 is 5.32 Å². The van der Waals surface area contributed by atoms with Crippen LogP contribution in [-0.2, 0) is 19.4 Å². The van der Waals surface area contributed by atoms with Gasteiger partial charge in [-0.25, -0.2) is 13.8 Å². The van der Waals surface area contributed by atoms with Crippen LogP contribution < -0.4 is 11.2 Å². The predicted octanol–water partition coefficient (Wildman–Crippen LogP) is 4.16. The normalized spacial score (nSPS) is 15.0. The second-order valence-electron chi connectivity index (χ2n) is 5.81. The molecule has 3 rings (SSSR count). The molecule has 7 heteroatoms. The lowest BCUT2D eigenvalue weighted by molar-refractivity contribution is 0.298. The zero-order valence-corrected chi connectivity index (χ0v) is 14.4. The molecule has 0 atom stereocenters. The zero-order valence-electron chi connectivity index (χ0n) is 12.9. The van der Waals surface area contributed by atoms with Crippen LogP contribution in [0.15, 0.2) is 24.3 Å². The molecule has 128 valence electrons. The van der Waals surface area contributed by atoms with E-state index in [9.17, 15) is 8.78 Å². The third-order valence-corrected chi connectivity index (χ3v) is 4.83. The highest BCUT2D eigenvalue weighted by Crippen LogP contribution is 2.36. The van der Waals surface area contributed by atoms with Crippen molar-refractivity contribution < 1.29 is 8.78 Å². The van der Waals surface area contributed by atoms with Gasteiger partial charge in [0, 0.05) is 24.7 Å². The van der Waals surface area contributed by atoms with Gasteiger partial charge in [0.2, 0.25) is 0 Å². The van der Waals surface area contributed by atoms with Crippen molar-refractivity contribution in [3.8, 4) is 0 Å². The Balaban J connectivity index is 1.89. The molecular weight excluding hydrogens is 355 g/mol. The van der Waals surface area contributed by atoms with Crippen molar-refractivity contribution in [3.63, 3.8) is 0 Å². The van der Waals surface area contributed by atoms with Crippen LogP contribution in [0.25, 0.3) is 0 Å². The van der Waals surface area contributed by atoms with Gasteiger partial charge >= 0.3 is 0 Å². The first-order valence-corrected chi connectivity index (χ1v) is 8.38. The predicted molar refractivity (Wildman–Crippen MR) is 93.3 cm³/mol. The molecule has 2 aromatic carbocycles. The molecular formula is C17H17Cl2F2N3. The largest absolute Gasteiger partial charge is 0.380 e. The summed E-state index contributed by atoms with van der Waals surface area (Å²) in [5.41, 5.74) is 3.46. The minimum Gasteiger partial charge on any atom is -0.380 e. The minimum absolute atomic E-state index is 0.331. The van der Waals surface area contributed by atoms with Crippen LogP contribution in [0.5, 0.6) is 0 Å². The molecule has 0 unspecified atom stereocenters. The van der Waals surface area contributed by atoms with Gasteiger partial charge in [0.15, 0.2) is 11.6 Å². The summed E-state index contributed by atoms with van der Waals surface area (Å²) in [7, 11) is 0. The average Bonchev–Trinajstić information content (AvgIpc) is 2.73. The number of nitrogens with two attached hydrogens (primary N) is 1. The first kappa shape index (κ1) is 17.4. The van der Waals surface area contributed by atoms with Crippen LogP contribution in [-0.4, -0.2) is 18.1 Å².